The summed E-state index contributed by atoms with van der Waals surface area (Å²) in [4.78, 5) is 20.7. The van der Waals surface area contributed by atoms with Gasteiger partial charge in [-0.3, -0.25) is 9.69 Å². The Labute approximate surface area is 182 Å². The van der Waals surface area contributed by atoms with Crippen LogP contribution < -0.4 is 5.73 Å². The minimum atomic E-state index is 0. The largest absolute Gasteiger partial charge is 0.340 e. The Morgan fingerprint density at radius 2 is 1.86 bits per heavy atom. The third-order valence-corrected chi connectivity index (χ3v) is 4.72. The zero-order valence-corrected chi connectivity index (χ0v) is 18.1. The molecule has 2 N–H and O–H groups in total. The Bertz CT molecular complexity index is 731. The van der Waals surface area contributed by atoms with Crippen LogP contribution in [0, 0.1) is 0 Å². The molecule has 0 bridgehead atoms. The van der Waals surface area contributed by atoms with Crippen molar-refractivity contribution in [1.29, 1.82) is 0 Å². The van der Waals surface area contributed by atoms with Crippen LogP contribution in [0.3, 0.4) is 0 Å². The summed E-state index contributed by atoms with van der Waals surface area (Å²) in [6, 6.07) is 7.39. The molecule has 28 heavy (non-hydrogen) atoms. The Morgan fingerprint density at radius 1 is 1.21 bits per heavy atom. The van der Waals surface area contributed by atoms with Gasteiger partial charge in [-0.05, 0) is 37.6 Å². The number of halogens is 3. The summed E-state index contributed by atoms with van der Waals surface area (Å²) < 4.78 is 5.36. The quantitative estimate of drug-likeness (QED) is 0.728. The van der Waals surface area contributed by atoms with Gasteiger partial charge in [-0.2, -0.15) is 4.98 Å². The molecule has 156 valence electrons. The number of benzene rings is 1. The van der Waals surface area contributed by atoms with Crippen molar-refractivity contribution in [3.8, 4) is 11.4 Å². The second kappa shape index (κ2) is 11.6. The van der Waals surface area contributed by atoms with E-state index in [0.29, 0.717) is 29.7 Å². The van der Waals surface area contributed by atoms with Gasteiger partial charge in [0.2, 0.25) is 17.6 Å². The molecule has 2 aromatic rings. The van der Waals surface area contributed by atoms with E-state index in [1.807, 2.05) is 24.0 Å². The first kappa shape index (κ1) is 24.7. The van der Waals surface area contributed by atoms with E-state index < -0.39 is 0 Å². The number of amides is 1. The highest BCUT2D eigenvalue weighted by Crippen LogP contribution is 2.19. The van der Waals surface area contributed by atoms with E-state index in [1.54, 1.807) is 12.1 Å². The highest BCUT2D eigenvalue weighted by Gasteiger charge is 2.22. The summed E-state index contributed by atoms with van der Waals surface area (Å²) in [6.45, 7) is 5.54. The van der Waals surface area contributed by atoms with Crippen LogP contribution in [0.5, 0.6) is 0 Å². The van der Waals surface area contributed by atoms with Crippen LogP contribution in [0.2, 0.25) is 5.02 Å². The Kier molecular flexibility index (Phi) is 10.2. The standard InChI is InChI=1S/C18H24ClN5O2.2ClH/c1-13(20)2-7-17(25)24-10-8-23(9-11-24)12-16-21-18(22-26-16)14-3-5-15(19)6-4-14;;/h3-6,13H,2,7-12,20H2,1H3;2*1H. The molecular weight excluding hydrogens is 425 g/mol. The van der Waals surface area contributed by atoms with E-state index >= 15 is 0 Å². The first-order valence-electron chi connectivity index (χ1n) is 8.85. The maximum absolute atomic E-state index is 12.2. The van der Waals surface area contributed by atoms with Crippen LogP contribution in [0.15, 0.2) is 28.8 Å². The molecule has 7 nitrogen and oxygen atoms in total. The maximum Gasteiger partial charge on any atom is 0.241 e. The lowest BCUT2D eigenvalue weighted by Crippen LogP contribution is -2.48. The summed E-state index contributed by atoms with van der Waals surface area (Å²) in [7, 11) is 0. The topological polar surface area (TPSA) is 88.5 Å². The van der Waals surface area contributed by atoms with E-state index in [2.05, 4.69) is 15.0 Å². The number of nitrogens with two attached hydrogens (primary N) is 1. The molecule has 1 aromatic heterocycles. The Hall–Kier alpha value is -1.38. The second-order valence-corrected chi connectivity index (χ2v) is 7.13. The molecule has 2 heterocycles. The molecule has 1 aliphatic rings. The summed E-state index contributed by atoms with van der Waals surface area (Å²) in [5.41, 5.74) is 6.59. The number of carbonyl (C=O) groups excluding carboxylic acids is 1. The molecule has 1 atom stereocenters. The SMILES string of the molecule is CC(N)CCC(=O)N1CCN(Cc2nc(-c3ccc(Cl)cc3)no2)CC1.Cl.Cl. The number of aromatic nitrogens is 2. The molecule has 1 amide bonds. The molecule has 1 saturated heterocycles. The average Bonchev–Trinajstić information content (AvgIpc) is 3.09. The first-order chi connectivity index (χ1) is 12.5. The smallest absolute Gasteiger partial charge is 0.241 e. The van der Waals surface area contributed by atoms with Crippen molar-refractivity contribution in [2.75, 3.05) is 26.2 Å². The monoisotopic (exact) mass is 449 g/mol. The molecule has 3 rings (SSSR count). The lowest BCUT2D eigenvalue weighted by molar-refractivity contribution is -0.133. The first-order valence-corrected chi connectivity index (χ1v) is 9.23. The van der Waals surface area contributed by atoms with Crippen LogP contribution >= 0.6 is 36.4 Å². The van der Waals surface area contributed by atoms with Crippen LogP contribution in [-0.4, -0.2) is 58.1 Å². The normalized spacial score (nSPS) is 15.5. The third-order valence-electron chi connectivity index (χ3n) is 4.47. The fourth-order valence-corrected chi connectivity index (χ4v) is 3.02. The number of hydrogen-bond donors (Lipinski definition) is 1. The van der Waals surface area contributed by atoms with Gasteiger partial charge in [0.25, 0.3) is 0 Å². The van der Waals surface area contributed by atoms with E-state index in [9.17, 15) is 4.79 Å². The fraction of sp³-hybridized carbons (Fsp3) is 0.500. The summed E-state index contributed by atoms with van der Waals surface area (Å²) in [6.07, 6.45) is 1.25. The van der Waals surface area contributed by atoms with Gasteiger partial charge in [-0.1, -0.05) is 16.8 Å². The number of rotatable bonds is 6. The molecular formula is C18H26Cl3N5O2. The second-order valence-electron chi connectivity index (χ2n) is 6.69. The third kappa shape index (κ3) is 6.90. The van der Waals surface area contributed by atoms with E-state index in [1.165, 1.54) is 0 Å². The fourth-order valence-electron chi connectivity index (χ4n) is 2.89. The van der Waals surface area contributed by atoms with Gasteiger partial charge < -0.3 is 15.2 Å². The van der Waals surface area contributed by atoms with Crippen molar-refractivity contribution in [2.45, 2.75) is 32.4 Å². The zero-order chi connectivity index (χ0) is 18.5. The van der Waals surface area contributed by atoms with Crippen molar-refractivity contribution in [1.82, 2.24) is 19.9 Å². The van der Waals surface area contributed by atoms with Crippen LogP contribution in [0.4, 0.5) is 0 Å². The van der Waals surface area contributed by atoms with Crippen LogP contribution in [0.1, 0.15) is 25.7 Å². The highest BCUT2D eigenvalue weighted by atomic mass is 35.5. The number of nitrogens with zero attached hydrogens (tertiary/aromatic N) is 4. The van der Waals surface area contributed by atoms with Crippen LogP contribution in [-0.2, 0) is 11.3 Å². The predicted octanol–water partition coefficient (Wildman–Crippen LogP) is 3.01. The van der Waals surface area contributed by atoms with Crippen molar-refractivity contribution in [2.24, 2.45) is 5.73 Å². The van der Waals surface area contributed by atoms with Crippen LogP contribution in [0.25, 0.3) is 11.4 Å². The van der Waals surface area contributed by atoms with Gasteiger partial charge in [-0.15, -0.1) is 24.8 Å². The zero-order valence-electron chi connectivity index (χ0n) is 15.7. The van der Waals surface area contributed by atoms with Crippen molar-refractivity contribution < 1.29 is 9.32 Å². The van der Waals surface area contributed by atoms with Crippen molar-refractivity contribution >= 4 is 42.3 Å². The average molecular weight is 451 g/mol. The van der Waals surface area contributed by atoms with Gasteiger partial charge in [0.15, 0.2) is 0 Å². The number of hydrogen-bond acceptors (Lipinski definition) is 6. The molecule has 1 aliphatic heterocycles. The van der Waals surface area contributed by atoms with E-state index in [0.717, 1.165) is 38.2 Å². The molecule has 1 aromatic carbocycles. The molecule has 0 spiro atoms. The molecule has 1 unspecified atom stereocenters. The number of carbonyl (C=O) groups is 1. The maximum atomic E-state index is 12.2. The molecule has 0 radical (unpaired) electrons. The lowest BCUT2D eigenvalue weighted by atomic mass is 10.1. The van der Waals surface area contributed by atoms with Gasteiger partial charge >= 0.3 is 0 Å². The van der Waals surface area contributed by atoms with Gasteiger partial charge in [0, 0.05) is 49.2 Å². The number of piperazine rings is 1. The minimum absolute atomic E-state index is 0. The van der Waals surface area contributed by atoms with Gasteiger partial charge in [-0.25, -0.2) is 0 Å². The summed E-state index contributed by atoms with van der Waals surface area (Å²) in [5.74, 6) is 1.32. The lowest BCUT2D eigenvalue weighted by Gasteiger charge is -2.34. The Balaban J connectivity index is 0.00000196. The summed E-state index contributed by atoms with van der Waals surface area (Å²) in [5, 5.41) is 4.71. The summed E-state index contributed by atoms with van der Waals surface area (Å²) >= 11 is 5.90. The van der Waals surface area contributed by atoms with Crippen molar-refractivity contribution in [3.63, 3.8) is 0 Å². The van der Waals surface area contributed by atoms with Gasteiger partial charge in [0.1, 0.15) is 0 Å². The molecule has 1 fully saturated rings. The highest BCUT2D eigenvalue weighted by molar-refractivity contribution is 6.30. The predicted molar refractivity (Wildman–Crippen MR) is 114 cm³/mol. The van der Waals surface area contributed by atoms with Crippen molar-refractivity contribution in [3.05, 3.63) is 35.2 Å². The minimum Gasteiger partial charge on any atom is -0.340 e. The van der Waals surface area contributed by atoms with E-state index in [4.69, 9.17) is 21.9 Å². The Morgan fingerprint density at radius 3 is 2.46 bits per heavy atom. The van der Waals surface area contributed by atoms with E-state index in [-0.39, 0.29) is 36.8 Å². The molecule has 0 aliphatic carbocycles. The molecule has 0 saturated carbocycles. The molecule has 10 heteroatoms. The van der Waals surface area contributed by atoms with Gasteiger partial charge in [0.05, 0.1) is 6.54 Å².